The van der Waals surface area contributed by atoms with Crippen LogP contribution in [0.4, 0.5) is 0 Å². The van der Waals surface area contributed by atoms with Crippen LogP contribution >= 0.6 is 11.6 Å². The Balaban J connectivity index is 1.25. The third-order valence-corrected chi connectivity index (χ3v) is 6.58. The zero-order valence-corrected chi connectivity index (χ0v) is 21.9. The third-order valence-electron chi connectivity index (χ3n) is 6.33. The topological polar surface area (TPSA) is 56.1 Å². The van der Waals surface area contributed by atoms with Gasteiger partial charge in [0.2, 0.25) is 5.91 Å². The maximum absolute atomic E-state index is 12.2. The molecule has 0 unspecified atom stereocenters. The Morgan fingerprint density at radius 1 is 1.00 bits per heavy atom. The average Bonchev–Trinajstić information content (AvgIpc) is 3.22. The monoisotopic (exact) mass is 503 g/mol. The highest BCUT2D eigenvalue weighted by molar-refractivity contribution is 6.30. The predicted octanol–water partition coefficient (Wildman–Crippen LogP) is 6.46. The molecule has 1 N–H and O–H groups in total. The van der Waals surface area contributed by atoms with Crippen LogP contribution in [0.15, 0.2) is 66.7 Å². The lowest BCUT2D eigenvalue weighted by Gasteiger charge is -2.13. The quantitative estimate of drug-likeness (QED) is 0.226. The van der Waals surface area contributed by atoms with Crippen molar-refractivity contribution >= 4 is 28.5 Å². The number of hydrogen-bond donors (Lipinski definition) is 1. The van der Waals surface area contributed by atoms with Crippen molar-refractivity contribution in [3.63, 3.8) is 0 Å². The summed E-state index contributed by atoms with van der Waals surface area (Å²) < 4.78 is 8.41. The van der Waals surface area contributed by atoms with Gasteiger partial charge in [0, 0.05) is 18.0 Å². The summed E-state index contributed by atoms with van der Waals surface area (Å²) in [5, 5.41) is 3.70. The fourth-order valence-corrected chi connectivity index (χ4v) is 4.46. The molecule has 0 aliphatic rings. The molecule has 5 nitrogen and oxygen atoms in total. The molecule has 0 bridgehead atoms. The number of aromatic nitrogens is 2. The molecule has 1 heterocycles. The molecule has 1 amide bonds. The van der Waals surface area contributed by atoms with Crippen LogP contribution in [-0.4, -0.2) is 28.6 Å². The van der Waals surface area contributed by atoms with Gasteiger partial charge in [0.1, 0.15) is 18.2 Å². The van der Waals surface area contributed by atoms with Gasteiger partial charge in [0.15, 0.2) is 0 Å². The normalized spacial score (nSPS) is 11.1. The molecule has 6 heteroatoms. The van der Waals surface area contributed by atoms with Gasteiger partial charge in [-0.05, 0) is 73.7 Å². The summed E-state index contributed by atoms with van der Waals surface area (Å²) in [6, 6.07) is 22.0. The lowest BCUT2D eigenvalue weighted by atomic mass is 10.1. The highest BCUT2D eigenvalue weighted by Gasteiger charge is 2.11. The zero-order valence-electron chi connectivity index (χ0n) is 21.1. The number of nitrogens with zero attached hydrogens (tertiary/aromatic N) is 2. The summed E-state index contributed by atoms with van der Waals surface area (Å²) in [6.45, 7) is 6.19. The van der Waals surface area contributed by atoms with Crippen molar-refractivity contribution in [1.82, 2.24) is 14.9 Å². The zero-order chi connectivity index (χ0) is 25.3. The van der Waals surface area contributed by atoms with E-state index in [4.69, 9.17) is 21.3 Å². The Morgan fingerprint density at radius 3 is 2.64 bits per heavy atom. The number of unbranched alkanes of at least 4 members (excludes halogenated alkanes) is 2. The molecule has 0 spiro atoms. The second-order valence-electron chi connectivity index (χ2n) is 9.25. The second-order valence-corrected chi connectivity index (χ2v) is 9.69. The number of amides is 1. The minimum Gasteiger partial charge on any atom is -0.491 e. The van der Waals surface area contributed by atoms with Crippen LogP contribution in [0, 0.1) is 13.8 Å². The molecule has 0 atom stereocenters. The first kappa shape index (κ1) is 25.8. The molecule has 0 aliphatic carbocycles. The van der Waals surface area contributed by atoms with E-state index < -0.39 is 0 Å². The Kier molecular flexibility index (Phi) is 9.01. The van der Waals surface area contributed by atoms with Crippen molar-refractivity contribution in [2.75, 3.05) is 13.2 Å². The Morgan fingerprint density at radius 2 is 1.81 bits per heavy atom. The molecule has 0 radical (unpaired) electrons. The number of rotatable bonds is 12. The summed E-state index contributed by atoms with van der Waals surface area (Å²) >= 11 is 5.91. The molecule has 3 aromatic carbocycles. The maximum Gasteiger partial charge on any atom is 0.224 e. The Hall–Kier alpha value is -3.31. The number of hydrogen-bond acceptors (Lipinski definition) is 3. The first-order valence-corrected chi connectivity index (χ1v) is 13.0. The highest BCUT2D eigenvalue weighted by atomic mass is 35.5. The fourth-order valence-electron chi connectivity index (χ4n) is 4.34. The van der Waals surface area contributed by atoms with Crippen molar-refractivity contribution in [1.29, 1.82) is 0 Å². The first-order valence-electron chi connectivity index (χ1n) is 12.6. The highest BCUT2D eigenvalue weighted by Crippen LogP contribution is 2.21. The maximum atomic E-state index is 12.2. The van der Waals surface area contributed by atoms with Crippen molar-refractivity contribution < 1.29 is 9.53 Å². The molecule has 0 aliphatic heterocycles. The van der Waals surface area contributed by atoms with Gasteiger partial charge in [-0.3, -0.25) is 4.79 Å². The number of aryl methyl sites for hydroxylation is 3. The number of halogens is 1. The van der Waals surface area contributed by atoms with Crippen LogP contribution in [0.25, 0.3) is 11.0 Å². The van der Waals surface area contributed by atoms with Gasteiger partial charge in [-0.25, -0.2) is 4.98 Å². The molecular formula is C30H34ClN3O2. The van der Waals surface area contributed by atoms with Crippen LogP contribution in [0.2, 0.25) is 5.02 Å². The lowest BCUT2D eigenvalue weighted by Crippen LogP contribution is -2.26. The number of ether oxygens (including phenoxy) is 1. The molecule has 188 valence electrons. The summed E-state index contributed by atoms with van der Waals surface area (Å²) in [5.74, 6) is 2.08. The van der Waals surface area contributed by atoms with Gasteiger partial charge in [-0.15, -0.1) is 0 Å². The lowest BCUT2D eigenvalue weighted by molar-refractivity contribution is -0.120. The molecule has 36 heavy (non-hydrogen) atoms. The number of para-hydroxylation sites is 2. The van der Waals surface area contributed by atoms with Crippen LogP contribution in [-0.2, 0) is 24.2 Å². The number of carbonyl (C=O) groups excluding carboxylic acids is 1. The fraction of sp³-hybridized carbons (Fsp3) is 0.333. The Bertz CT molecular complexity index is 1300. The van der Waals surface area contributed by atoms with Gasteiger partial charge >= 0.3 is 0 Å². The molecule has 4 rings (SSSR count). The molecule has 0 fully saturated rings. The van der Waals surface area contributed by atoms with Crippen LogP contribution < -0.4 is 10.1 Å². The van der Waals surface area contributed by atoms with E-state index in [2.05, 4.69) is 60.1 Å². The van der Waals surface area contributed by atoms with Crippen LogP contribution in [0.1, 0.15) is 41.8 Å². The number of imidazole rings is 1. The van der Waals surface area contributed by atoms with Crippen molar-refractivity contribution in [2.24, 2.45) is 0 Å². The van der Waals surface area contributed by atoms with E-state index in [9.17, 15) is 4.79 Å². The van der Waals surface area contributed by atoms with Crippen molar-refractivity contribution in [3.8, 4) is 5.75 Å². The summed E-state index contributed by atoms with van der Waals surface area (Å²) in [6.07, 6.45) is 4.28. The largest absolute Gasteiger partial charge is 0.491 e. The minimum absolute atomic E-state index is 0.0444. The summed E-state index contributed by atoms with van der Waals surface area (Å²) in [4.78, 5) is 17.1. The SMILES string of the molecule is Cc1ccc(C)c(OCCn2c(CCCCCNC(=O)Cc3ccc(Cl)cc3)nc3ccccc32)c1. The average molecular weight is 504 g/mol. The molecule has 0 saturated heterocycles. The van der Waals surface area contributed by atoms with E-state index in [-0.39, 0.29) is 5.91 Å². The standard InChI is InChI=1S/C30H34ClN3O2/c1-22-11-12-23(2)28(20-22)36-19-18-34-27-9-6-5-8-26(27)33-29(34)10-4-3-7-17-32-30(35)21-24-13-15-25(31)16-14-24/h5-6,8-9,11-16,20H,3-4,7,10,17-19,21H2,1-2H3,(H,32,35). The van der Waals surface area contributed by atoms with E-state index in [1.165, 1.54) is 5.56 Å². The second kappa shape index (κ2) is 12.6. The molecule has 0 saturated carbocycles. The number of carbonyl (C=O) groups is 1. The first-order chi connectivity index (χ1) is 17.5. The van der Waals surface area contributed by atoms with E-state index in [0.29, 0.717) is 24.6 Å². The van der Waals surface area contributed by atoms with E-state index in [1.807, 2.05) is 30.3 Å². The smallest absolute Gasteiger partial charge is 0.224 e. The number of fused-ring (bicyclic) bond motifs is 1. The van der Waals surface area contributed by atoms with E-state index >= 15 is 0 Å². The van der Waals surface area contributed by atoms with E-state index in [1.54, 1.807) is 0 Å². The van der Waals surface area contributed by atoms with Gasteiger partial charge in [0.05, 0.1) is 24.0 Å². The molecule has 4 aromatic rings. The summed E-state index contributed by atoms with van der Waals surface area (Å²) in [7, 11) is 0. The van der Waals surface area contributed by atoms with Gasteiger partial charge in [0.25, 0.3) is 0 Å². The number of nitrogens with one attached hydrogen (secondary N) is 1. The van der Waals surface area contributed by atoms with Gasteiger partial charge < -0.3 is 14.6 Å². The molecular weight excluding hydrogens is 470 g/mol. The Labute approximate surface area is 218 Å². The molecule has 1 aromatic heterocycles. The predicted molar refractivity (Wildman–Crippen MR) is 147 cm³/mol. The van der Waals surface area contributed by atoms with Crippen LogP contribution in [0.3, 0.4) is 0 Å². The van der Waals surface area contributed by atoms with Crippen LogP contribution in [0.5, 0.6) is 5.75 Å². The van der Waals surface area contributed by atoms with Crippen molar-refractivity contribution in [2.45, 2.75) is 52.5 Å². The van der Waals surface area contributed by atoms with E-state index in [0.717, 1.165) is 66.0 Å². The van der Waals surface area contributed by atoms with Gasteiger partial charge in [-0.2, -0.15) is 0 Å². The number of benzene rings is 3. The third kappa shape index (κ3) is 7.11. The minimum atomic E-state index is 0.0444. The van der Waals surface area contributed by atoms with Gasteiger partial charge in [-0.1, -0.05) is 54.4 Å². The summed E-state index contributed by atoms with van der Waals surface area (Å²) in [5.41, 5.74) is 5.49. The van der Waals surface area contributed by atoms with Crippen molar-refractivity contribution in [3.05, 3.63) is 94.3 Å².